The third-order valence-corrected chi connectivity index (χ3v) is 6.91. The van der Waals surface area contributed by atoms with Gasteiger partial charge in [0.05, 0.1) is 23.8 Å². The van der Waals surface area contributed by atoms with Gasteiger partial charge in [0.1, 0.15) is 0 Å². The number of aryl methyl sites for hydroxylation is 1. The zero-order chi connectivity index (χ0) is 22.0. The number of amides is 1. The van der Waals surface area contributed by atoms with Crippen molar-refractivity contribution in [3.05, 3.63) is 70.3 Å². The van der Waals surface area contributed by atoms with Crippen molar-refractivity contribution in [1.29, 1.82) is 0 Å². The molecule has 4 aromatic rings. The van der Waals surface area contributed by atoms with Crippen molar-refractivity contribution in [3.8, 4) is 11.1 Å². The van der Waals surface area contributed by atoms with Gasteiger partial charge in [0.2, 0.25) is 0 Å². The number of carbonyl (C=O) groups excluding carboxylic acids is 1. The summed E-state index contributed by atoms with van der Waals surface area (Å²) in [5.41, 5.74) is 10.8. The highest BCUT2D eigenvalue weighted by Gasteiger charge is 2.35. The van der Waals surface area contributed by atoms with Gasteiger partial charge in [0.15, 0.2) is 0 Å². The number of nitrogens with one attached hydrogen (secondary N) is 1. The summed E-state index contributed by atoms with van der Waals surface area (Å²) in [4.78, 5) is 13.1. The highest BCUT2D eigenvalue weighted by molar-refractivity contribution is 6.20. The van der Waals surface area contributed by atoms with E-state index in [0.29, 0.717) is 13.2 Å². The van der Waals surface area contributed by atoms with Crippen molar-refractivity contribution in [3.63, 3.8) is 0 Å². The third kappa shape index (κ3) is 2.69. The number of hydrogen-bond acceptors (Lipinski definition) is 2. The Labute approximate surface area is 188 Å². The molecule has 162 valence electrons. The monoisotopic (exact) mass is 424 g/mol. The van der Waals surface area contributed by atoms with Gasteiger partial charge >= 0.3 is 0 Å². The van der Waals surface area contributed by atoms with Crippen molar-refractivity contribution < 1.29 is 9.53 Å². The van der Waals surface area contributed by atoms with E-state index >= 15 is 0 Å². The predicted octanol–water partition coefficient (Wildman–Crippen LogP) is 5.94. The third-order valence-electron chi connectivity index (χ3n) is 6.91. The molecule has 1 amide bonds. The second kappa shape index (κ2) is 7.21. The number of aromatic nitrogens is 1. The number of carbonyl (C=O) groups is 1. The van der Waals surface area contributed by atoms with Crippen LogP contribution in [-0.4, -0.2) is 16.6 Å². The average molecular weight is 425 g/mol. The molecule has 2 aliphatic rings. The zero-order valence-corrected chi connectivity index (χ0v) is 18.9. The first-order valence-electron chi connectivity index (χ1n) is 11.7. The first-order valence-corrected chi connectivity index (χ1v) is 11.7. The molecule has 3 aromatic carbocycles. The zero-order valence-electron chi connectivity index (χ0n) is 18.9. The summed E-state index contributed by atoms with van der Waals surface area (Å²) >= 11 is 0. The van der Waals surface area contributed by atoms with Crippen molar-refractivity contribution in [2.45, 2.75) is 59.4 Å². The first kappa shape index (κ1) is 19.6. The molecule has 0 fully saturated rings. The van der Waals surface area contributed by atoms with Gasteiger partial charge in [-0.25, -0.2) is 0 Å². The van der Waals surface area contributed by atoms with E-state index in [1.165, 1.54) is 44.1 Å². The average Bonchev–Trinajstić information content (AvgIpc) is 3.44. The lowest BCUT2D eigenvalue weighted by molar-refractivity contribution is 0.0658. The van der Waals surface area contributed by atoms with Crippen LogP contribution in [0.1, 0.15) is 59.8 Å². The van der Waals surface area contributed by atoms with Crippen molar-refractivity contribution in [1.82, 2.24) is 9.88 Å². The maximum atomic E-state index is 13.1. The molecular formula is C28H28N2O2. The maximum absolute atomic E-state index is 13.1. The number of rotatable bonds is 5. The summed E-state index contributed by atoms with van der Waals surface area (Å²) in [7, 11) is 0. The molecule has 0 radical (unpaired) electrons. The van der Waals surface area contributed by atoms with Gasteiger partial charge in [-0.05, 0) is 60.2 Å². The Morgan fingerprint density at radius 3 is 2.75 bits per heavy atom. The molecule has 1 aliphatic heterocycles. The highest BCUT2D eigenvalue weighted by Crippen LogP contribution is 2.48. The largest absolute Gasteiger partial charge is 0.374 e. The van der Waals surface area contributed by atoms with Crippen LogP contribution in [0.4, 0.5) is 0 Å². The van der Waals surface area contributed by atoms with Crippen molar-refractivity contribution in [2.24, 2.45) is 0 Å². The number of nitrogens with zero attached hydrogens (tertiary/aromatic N) is 1. The minimum absolute atomic E-state index is 0.0607. The van der Waals surface area contributed by atoms with E-state index in [0.717, 1.165) is 36.1 Å². The summed E-state index contributed by atoms with van der Waals surface area (Å²) in [5, 5.41) is 5.62. The molecule has 4 nitrogen and oxygen atoms in total. The molecule has 6 rings (SSSR count). The predicted molar refractivity (Wildman–Crippen MR) is 129 cm³/mol. The van der Waals surface area contributed by atoms with E-state index < -0.39 is 0 Å². The topological polar surface area (TPSA) is 43.3 Å². The molecule has 32 heavy (non-hydrogen) atoms. The SMILES string of the molecule is CCCn1c2ccc(COC(C)C)cc2c2c3c(c4c(c21)Cc1ccccc1-4)C(=O)NC3. The lowest BCUT2D eigenvalue weighted by atomic mass is 9.92. The van der Waals surface area contributed by atoms with Gasteiger partial charge in [-0.3, -0.25) is 4.79 Å². The second-order valence-electron chi connectivity index (χ2n) is 9.31. The lowest BCUT2D eigenvalue weighted by Crippen LogP contribution is -2.13. The molecule has 1 N–H and O–H groups in total. The molecule has 0 saturated heterocycles. The Morgan fingerprint density at radius 1 is 1.09 bits per heavy atom. The fourth-order valence-electron chi connectivity index (χ4n) is 5.64. The van der Waals surface area contributed by atoms with Crippen LogP contribution in [0.25, 0.3) is 32.9 Å². The van der Waals surface area contributed by atoms with Crippen LogP contribution in [-0.2, 0) is 30.9 Å². The summed E-state index contributed by atoms with van der Waals surface area (Å²) in [5.74, 6) is 0.0607. The van der Waals surface area contributed by atoms with Crippen LogP contribution in [0.3, 0.4) is 0 Å². The lowest BCUT2D eigenvalue weighted by Gasteiger charge is -2.13. The summed E-state index contributed by atoms with van der Waals surface area (Å²) in [6, 6.07) is 15.3. The van der Waals surface area contributed by atoms with E-state index in [9.17, 15) is 4.79 Å². The van der Waals surface area contributed by atoms with Crippen LogP contribution in [0.5, 0.6) is 0 Å². The molecule has 2 heterocycles. The molecule has 0 saturated carbocycles. The normalized spacial score (nSPS) is 14.3. The smallest absolute Gasteiger partial charge is 0.252 e. The molecular weight excluding hydrogens is 396 g/mol. The van der Waals surface area contributed by atoms with Crippen molar-refractivity contribution >= 4 is 27.7 Å². The summed E-state index contributed by atoms with van der Waals surface area (Å²) < 4.78 is 8.39. The van der Waals surface area contributed by atoms with E-state index in [4.69, 9.17) is 4.74 Å². The Kier molecular flexibility index (Phi) is 4.41. The van der Waals surface area contributed by atoms with Crippen molar-refractivity contribution in [2.75, 3.05) is 0 Å². The van der Waals surface area contributed by atoms with Gasteiger partial charge in [0, 0.05) is 41.4 Å². The van der Waals surface area contributed by atoms with E-state index in [1.807, 2.05) is 0 Å². The van der Waals surface area contributed by atoms with Gasteiger partial charge in [0.25, 0.3) is 5.91 Å². The maximum Gasteiger partial charge on any atom is 0.252 e. The second-order valence-corrected chi connectivity index (χ2v) is 9.31. The molecule has 1 aliphatic carbocycles. The molecule has 0 unspecified atom stereocenters. The number of benzene rings is 3. The molecule has 0 atom stereocenters. The Balaban J connectivity index is 1.72. The Morgan fingerprint density at radius 2 is 1.94 bits per heavy atom. The van der Waals surface area contributed by atoms with Crippen LogP contribution in [0, 0.1) is 0 Å². The standard InChI is InChI=1S/C28H28N2O2/c1-4-11-30-23-10-9-17(15-32-16(2)3)12-20(23)25-22-14-29-28(31)26(22)24-19-8-6-5-7-18(19)13-21(24)27(25)30/h5-10,12,16H,4,11,13-15H2,1-3H3,(H,29,31). The molecule has 1 aromatic heterocycles. The first-order chi connectivity index (χ1) is 15.6. The Hall–Kier alpha value is -3.11. The van der Waals surface area contributed by atoms with Crippen LogP contribution in [0.15, 0.2) is 42.5 Å². The van der Waals surface area contributed by atoms with Crippen LogP contribution < -0.4 is 5.32 Å². The van der Waals surface area contributed by atoms with Crippen LogP contribution >= 0.6 is 0 Å². The molecule has 4 heteroatoms. The Bertz CT molecular complexity index is 1410. The van der Waals surface area contributed by atoms with E-state index in [-0.39, 0.29) is 12.0 Å². The summed E-state index contributed by atoms with van der Waals surface area (Å²) in [6.07, 6.45) is 2.14. The highest BCUT2D eigenvalue weighted by atomic mass is 16.5. The fraction of sp³-hybridized carbons (Fsp3) is 0.321. The minimum Gasteiger partial charge on any atom is -0.374 e. The molecule has 0 bridgehead atoms. The van der Waals surface area contributed by atoms with E-state index in [2.05, 4.69) is 73.1 Å². The fourth-order valence-corrected chi connectivity index (χ4v) is 5.64. The number of fused-ring (bicyclic) bond motifs is 10. The molecule has 0 spiro atoms. The number of ether oxygens (including phenoxy) is 1. The van der Waals surface area contributed by atoms with Gasteiger partial charge in [-0.2, -0.15) is 0 Å². The van der Waals surface area contributed by atoms with Gasteiger partial charge < -0.3 is 14.6 Å². The van der Waals surface area contributed by atoms with Crippen LogP contribution in [0.2, 0.25) is 0 Å². The minimum atomic E-state index is 0.0607. The summed E-state index contributed by atoms with van der Waals surface area (Å²) in [6.45, 7) is 8.52. The quantitative estimate of drug-likeness (QED) is 0.379. The van der Waals surface area contributed by atoms with Gasteiger partial charge in [-0.1, -0.05) is 37.3 Å². The van der Waals surface area contributed by atoms with E-state index in [1.54, 1.807) is 0 Å². The number of hydrogen-bond donors (Lipinski definition) is 1. The van der Waals surface area contributed by atoms with Gasteiger partial charge in [-0.15, -0.1) is 0 Å².